The van der Waals surface area contributed by atoms with Crippen LogP contribution in [0.2, 0.25) is 0 Å². The van der Waals surface area contributed by atoms with Crippen LogP contribution < -0.4 is 5.32 Å². The van der Waals surface area contributed by atoms with Crippen molar-refractivity contribution in [2.75, 3.05) is 6.61 Å². The van der Waals surface area contributed by atoms with E-state index >= 15 is 0 Å². The van der Waals surface area contributed by atoms with Crippen LogP contribution in [0.3, 0.4) is 0 Å². The summed E-state index contributed by atoms with van der Waals surface area (Å²) in [5, 5.41) is 11.8. The van der Waals surface area contributed by atoms with Crippen LogP contribution in [0, 0.1) is 31.0 Å². The number of amides is 1. The normalized spacial score (nSPS) is 11.9. The number of nitriles is 1. The molecule has 6 nitrogen and oxygen atoms in total. The number of nitrogens with zero attached hydrogens (tertiary/aromatic N) is 2. The van der Waals surface area contributed by atoms with Gasteiger partial charge in [-0.1, -0.05) is 18.2 Å². The second-order valence-electron chi connectivity index (χ2n) is 6.35. The molecule has 2 rings (SSSR count). The molecule has 7 heteroatoms. The molecule has 152 valence electrons. The number of carbonyl (C=O) groups excluding carboxylic acids is 2. The van der Waals surface area contributed by atoms with Crippen LogP contribution in [0.5, 0.6) is 0 Å². The van der Waals surface area contributed by atoms with Gasteiger partial charge in [0.15, 0.2) is 0 Å². The molecule has 0 saturated heterocycles. The fourth-order valence-corrected chi connectivity index (χ4v) is 3.29. The number of halogens is 1. The van der Waals surface area contributed by atoms with E-state index in [-0.39, 0.29) is 12.2 Å². The average molecular weight is 397 g/mol. The predicted molar refractivity (Wildman–Crippen MR) is 107 cm³/mol. The summed E-state index contributed by atoms with van der Waals surface area (Å²) in [6, 6.07) is 6.54. The lowest BCUT2D eigenvalue weighted by Crippen LogP contribution is -2.26. The molecule has 0 aliphatic heterocycles. The molecule has 0 fully saturated rings. The van der Waals surface area contributed by atoms with Crippen molar-refractivity contribution in [3.8, 4) is 6.07 Å². The van der Waals surface area contributed by atoms with Crippen molar-refractivity contribution in [1.82, 2.24) is 9.88 Å². The zero-order chi connectivity index (χ0) is 21.6. The van der Waals surface area contributed by atoms with E-state index in [1.54, 1.807) is 13.0 Å². The highest BCUT2D eigenvalue weighted by atomic mass is 19.1. The minimum absolute atomic E-state index is 0.0909. The Balaban J connectivity index is 2.31. The molecule has 0 spiro atoms. The van der Waals surface area contributed by atoms with E-state index in [1.807, 2.05) is 31.4 Å². The van der Waals surface area contributed by atoms with Crippen molar-refractivity contribution in [2.45, 2.75) is 40.3 Å². The maximum absolute atomic E-state index is 13.9. The maximum Gasteiger partial charge on any atom is 0.340 e. The highest BCUT2D eigenvalue weighted by Crippen LogP contribution is 2.25. The lowest BCUT2D eigenvalue weighted by Gasteiger charge is -2.11. The second kappa shape index (κ2) is 9.69. The third-order valence-electron chi connectivity index (χ3n) is 4.66. The van der Waals surface area contributed by atoms with E-state index in [9.17, 15) is 19.2 Å². The summed E-state index contributed by atoms with van der Waals surface area (Å²) in [6.45, 7) is 8.27. The number of hydrogen-bond donors (Lipinski definition) is 1. The van der Waals surface area contributed by atoms with Crippen molar-refractivity contribution in [3.05, 3.63) is 64.2 Å². The summed E-state index contributed by atoms with van der Waals surface area (Å²) in [5.41, 5.74) is 2.65. The number of hydrogen-bond acceptors (Lipinski definition) is 4. The molecule has 1 aromatic carbocycles. The minimum Gasteiger partial charge on any atom is -0.462 e. The molecule has 1 atom stereocenters. The van der Waals surface area contributed by atoms with Crippen LogP contribution >= 0.6 is 0 Å². The molecular formula is C22H24FN3O3. The number of nitrogens with one attached hydrogen (secondary N) is 1. The highest BCUT2D eigenvalue weighted by molar-refractivity contribution is 5.99. The molecule has 0 aliphatic rings. The van der Waals surface area contributed by atoms with Gasteiger partial charge in [0, 0.05) is 35.1 Å². The van der Waals surface area contributed by atoms with Gasteiger partial charge < -0.3 is 14.6 Å². The van der Waals surface area contributed by atoms with Crippen LogP contribution in [-0.4, -0.2) is 23.1 Å². The second-order valence-corrected chi connectivity index (χ2v) is 6.35. The quantitative estimate of drug-likeness (QED) is 0.568. The molecular weight excluding hydrogens is 373 g/mol. The largest absolute Gasteiger partial charge is 0.462 e. The monoisotopic (exact) mass is 397 g/mol. The first-order valence-corrected chi connectivity index (χ1v) is 9.35. The molecule has 1 amide bonds. The first-order valence-electron chi connectivity index (χ1n) is 9.35. The molecule has 29 heavy (non-hydrogen) atoms. The van der Waals surface area contributed by atoms with Gasteiger partial charge in [-0.25, -0.2) is 9.18 Å². The van der Waals surface area contributed by atoms with Crippen molar-refractivity contribution in [3.63, 3.8) is 0 Å². The van der Waals surface area contributed by atoms with Gasteiger partial charge in [0.05, 0.1) is 18.2 Å². The van der Waals surface area contributed by atoms with Gasteiger partial charge in [0.1, 0.15) is 11.9 Å². The van der Waals surface area contributed by atoms with Crippen molar-refractivity contribution < 1.29 is 18.7 Å². The van der Waals surface area contributed by atoms with E-state index < -0.39 is 23.7 Å². The molecule has 1 N–H and O–H groups in total. The highest BCUT2D eigenvalue weighted by Gasteiger charge is 2.22. The zero-order valence-corrected chi connectivity index (χ0v) is 17.0. The third-order valence-corrected chi connectivity index (χ3v) is 4.66. The Bertz CT molecular complexity index is 986. The molecule has 0 saturated carbocycles. The molecule has 2 aromatic rings. The first kappa shape index (κ1) is 21.9. The van der Waals surface area contributed by atoms with Crippen molar-refractivity contribution in [2.24, 2.45) is 0 Å². The Morgan fingerprint density at radius 1 is 1.28 bits per heavy atom. The molecule has 1 aromatic heterocycles. The summed E-state index contributed by atoms with van der Waals surface area (Å²) >= 11 is 0. The standard InChI is InChI=1S/C22H24FN3O3/c1-5-26-14(3)16(21(15(26)4)22(28)29-6-2)11-12-20(27)25-19(13-24)17-9-7-8-10-18(17)23/h7-12,19H,5-6H2,1-4H3,(H,25,27)/b12-11+. The van der Waals surface area contributed by atoms with E-state index in [0.29, 0.717) is 17.7 Å². The number of benzene rings is 1. The number of rotatable bonds is 7. The summed E-state index contributed by atoms with van der Waals surface area (Å²) < 4.78 is 21.0. The van der Waals surface area contributed by atoms with Gasteiger partial charge in [-0.3, -0.25) is 4.79 Å². The number of aromatic nitrogens is 1. The van der Waals surface area contributed by atoms with Crippen molar-refractivity contribution in [1.29, 1.82) is 5.26 Å². The van der Waals surface area contributed by atoms with Gasteiger partial charge in [-0.05, 0) is 39.8 Å². The number of carbonyl (C=O) groups is 2. The van der Waals surface area contributed by atoms with Gasteiger partial charge in [-0.2, -0.15) is 5.26 Å². The van der Waals surface area contributed by atoms with Gasteiger partial charge in [0.25, 0.3) is 0 Å². The Hall–Kier alpha value is -3.40. The first-order chi connectivity index (χ1) is 13.8. The fraction of sp³-hybridized carbons (Fsp3) is 0.318. The van der Waals surface area contributed by atoms with Crippen molar-refractivity contribution >= 4 is 18.0 Å². The Morgan fingerprint density at radius 2 is 1.97 bits per heavy atom. The van der Waals surface area contributed by atoms with E-state index in [2.05, 4.69) is 5.32 Å². The van der Waals surface area contributed by atoms with E-state index in [4.69, 9.17) is 4.74 Å². The molecule has 0 radical (unpaired) electrons. The van der Waals surface area contributed by atoms with Gasteiger partial charge in [0.2, 0.25) is 5.91 Å². The molecule has 1 heterocycles. The van der Waals surface area contributed by atoms with Crippen LogP contribution in [0.15, 0.2) is 30.3 Å². The van der Waals surface area contributed by atoms with Crippen LogP contribution in [0.1, 0.15) is 52.8 Å². The molecule has 1 unspecified atom stereocenters. The summed E-state index contributed by atoms with van der Waals surface area (Å²) in [4.78, 5) is 24.8. The maximum atomic E-state index is 13.9. The minimum atomic E-state index is -1.12. The third kappa shape index (κ3) is 4.72. The van der Waals surface area contributed by atoms with Crippen LogP contribution in [0.25, 0.3) is 6.08 Å². The fourth-order valence-electron chi connectivity index (χ4n) is 3.29. The van der Waals surface area contributed by atoms with E-state index in [0.717, 1.165) is 11.4 Å². The molecule has 0 bridgehead atoms. The Labute approximate surface area is 169 Å². The Kier molecular flexibility index (Phi) is 7.32. The van der Waals surface area contributed by atoms with Gasteiger partial charge in [-0.15, -0.1) is 0 Å². The predicted octanol–water partition coefficient (Wildman–Crippen LogP) is 3.83. The summed E-state index contributed by atoms with van der Waals surface area (Å²) in [6.07, 6.45) is 2.75. The average Bonchev–Trinajstić information content (AvgIpc) is 2.94. The lowest BCUT2D eigenvalue weighted by molar-refractivity contribution is -0.116. The van der Waals surface area contributed by atoms with Crippen LogP contribution in [-0.2, 0) is 16.1 Å². The lowest BCUT2D eigenvalue weighted by atomic mass is 10.1. The van der Waals surface area contributed by atoms with Crippen LogP contribution in [0.4, 0.5) is 4.39 Å². The van der Waals surface area contributed by atoms with E-state index in [1.165, 1.54) is 30.4 Å². The topological polar surface area (TPSA) is 84.1 Å². The number of ether oxygens (including phenoxy) is 1. The molecule has 0 aliphatic carbocycles. The van der Waals surface area contributed by atoms with Gasteiger partial charge >= 0.3 is 5.97 Å². The Morgan fingerprint density at radius 3 is 2.55 bits per heavy atom. The smallest absolute Gasteiger partial charge is 0.340 e. The summed E-state index contributed by atoms with van der Waals surface area (Å²) in [7, 11) is 0. The summed E-state index contributed by atoms with van der Waals surface area (Å²) in [5.74, 6) is -1.60. The SMILES string of the molecule is CCOC(=O)c1c(/C=C/C(=O)NC(C#N)c2ccccc2F)c(C)n(CC)c1C. The number of esters is 1. The zero-order valence-electron chi connectivity index (χ0n) is 17.0.